The lowest BCUT2D eigenvalue weighted by Gasteiger charge is -2.41. The fourth-order valence-corrected chi connectivity index (χ4v) is 17.5. The van der Waals surface area contributed by atoms with Crippen molar-refractivity contribution in [2.45, 2.75) is 85.9 Å². The molecule has 0 radical (unpaired) electrons. The number of likely N-dealkylation sites (tertiary alicyclic amines) is 1. The third kappa shape index (κ3) is 18.6. The molecule has 12 aromatic rings. The van der Waals surface area contributed by atoms with Crippen LogP contribution in [0.4, 0.5) is 101 Å². The summed E-state index contributed by atoms with van der Waals surface area (Å²) in [6, 6.07) is 48.1. The number of benzene rings is 6. The van der Waals surface area contributed by atoms with Crippen LogP contribution in [0, 0.1) is 34.6 Å². The van der Waals surface area contributed by atoms with Crippen LogP contribution in [0.5, 0.6) is 28.7 Å². The zero-order valence-electron chi connectivity index (χ0n) is 74.7. The van der Waals surface area contributed by atoms with E-state index < -0.39 is 0 Å². The SMILES string of the molecule is COc1ccc(N2C(=O)N(c3c(C)cccc3C)C(C)c3cnc(Nc4ccc(N5CCN(C)CC5)cc4)nc32)nc1.COc1ccc(N2C(=O)N(c3c(C)cccc3C)Cc3cnc(Cc4ccc(C5CCN(C)CC5)cc4OC)nc32)nc1.COc1ccc(N2C(=O)N(c3c(C)cccc3Cl)Cc3cnc(Nc4ccc(N5CCN(C)CC5)cc4OC)nc32)nc1. The number of methoxy groups -OCH3 is 5. The molecule has 0 bridgehead atoms. The van der Waals surface area contributed by atoms with Crippen molar-refractivity contribution in [2.24, 2.45) is 0 Å². The van der Waals surface area contributed by atoms with E-state index in [2.05, 4.69) is 118 Å². The first-order valence-electron chi connectivity index (χ1n) is 42.9. The van der Waals surface area contributed by atoms with Gasteiger partial charge < -0.3 is 58.8 Å². The van der Waals surface area contributed by atoms with Crippen molar-refractivity contribution in [3.05, 3.63) is 255 Å². The van der Waals surface area contributed by atoms with Crippen LogP contribution >= 0.6 is 11.6 Å². The fourth-order valence-electron chi connectivity index (χ4n) is 17.2. The van der Waals surface area contributed by atoms with Crippen LogP contribution in [0.3, 0.4) is 0 Å². The lowest BCUT2D eigenvalue weighted by Crippen LogP contribution is -2.48. The molecular weight excluding hydrogens is 1640 g/mol. The summed E-state index contributed by atoms with van der Waals surface area (Å²) in [7, 11) is 14.6. The number of fused-ring (bicyclic) bond motifs is 3. The van der Waals surface area contributed by atoms with Crippen LogP contribution in [-0.4, -0.2) is 200 Å². The number of pyridine rings is 3. The Morgan fingerprint density at radius 2 is 0.891 bits per heavy atom. The highest BCUT2D eigenvalue weighted by atomic mass is 35.5. The minimum Gasteiger partial charge on any atom is -0.496 e. The van der Waals surface area contributed by atoms with Crippen LogP contribution in [-0.2, 0) is 19.5 Å². The van der Waals surface area contributed by atoms with Crippen LogP contribution in [0.25, 0.3) is 0 Å². The minimum atomic E-state index is -0.333. The second-order valence-electron chi connectivity index (χ2n) is 32.9. The smallest absolute Gasteiger partial charge is 0.336 e. The van der Waals surface area contributed by atoms with E-state index in [9.17, 15) is 14.4 Å². The van der Waals surface area contributed by atoms with Crippen LogP contribution in [0.1, 0.15) is 93.2 Å². The molecule has 30 nitrogen and oxygen atoms in total. The molecule has 3 fully saturated rings. The number of halogens is 1. The van der Waals surface area contributed by atoms with Crippen LogP contribution < -0.4 is 73.5 Å². The molecule has 0 aliphatic carbocycles. The molecule has 18 rings (SSSR count). The van der Waals surface area contributed by atoms with Crippen LogP contribution in [0.2, 0.25) is 5.02 Å². The van der Waals surface area contributed by atoms with Gasteiger partial charge in [0.05, 0.1) is 101 Å². The maximum Gasteiger partial charge on any atom is 0.336 e. The molecule has 0 spiro atoms. The molecule has 2 N–H and O–H groups in total. The molecule has 3 saturated heterocycles. The lowest BCUT2D eigenvalue weighted by atomic mass is 9.88. The predicted molar refractivity (Wildman–Crippen MR) is 503 cm³/mol. The number of urea groups is 3. The Balaban J connectivity index is 0.000000141. The molecule has 6 aromatic heterocycles. The highest BCUT2D eigenvalue weighted by molar-refractivity contribution is 6.34. The third-order valence-corrected chi connectivity index (χ3v) is 24.8. The first kappa shape index (κ1) is 87.7. The Kier molecular flexibility index (Phi) is 26.4. The maximum atomic E-state index is 14.3. The standard InChI is InChI=1S/C34H38N6O3.C32H36N8O2.C31H33ClN8O3/c1-22-7-6-8-23(2)32(22)39-21-27-19-35-30(37-33(27)40(34(39)41)31-12-11-28(42-4)20-36-31)18-26-10-9-25(17-29(26)43-5)24-13-15-38(3)16-14-24;1-21-7-6-8-22(2)29(21)39-23(3)27-20-34-31(35-24-9-11-25(12-10-24)38-17-15-37(4)16-18-38)36-30(27)40(32(39)41)28-14-13-26(42-5)19-33-28;1-20-6-5-7-24(32)28(20)39-19-21-17-34-30(36-29(21)40(31(39)41)27-11-9-23(42-3)18-33-27)35-25-10-8-22(16-26(25)43-4)38-14-12-37(2)13-15-38/h6-12,17,19-20,24H,13-16,18,21H2,1-5H3;6-14,19-20,23H,15-18H2,1-5H3,(H,34,35,36);5-11,16-18H,12-15,19H2,1-4H3,(H,34,35,36). The van der Waals surface area contributed by atoms with E-state index in [4.69, 9.17) is 55.2 Å². The third-order valence-electron chi connectivity index (χ3n) is 24.4. The van der Waals surface area contributed by atoms with E-state index in [0.717, 1.165) is 157 Å². The largest absolute Gasteiger partial charge is 0.496 e. The van der Waals surface area contributed by atoms with E-state index in [1.165, 1.54) is 16.2 Å². The summed E-state index contributed by atoms with van der Waals surface area (Å²) in [5, 5.41) is 7.10. The molecule has 6 aliphatic rings. The summed E-state index contributed by atoms with van der Waals surface area (Å²) in [6.45, 7) is 22.9. The fraction of sp³-hybridized carbons (Fsp3) is 0.320. The highest BCUT2D eigenvalue weighted by Gasteiger charge is 2.43. The molecule has 0 saturated carbocycles. The number of piperazine rings is 2. The van der Waals surface area contributed by atoms with E-state index in [1.807, 2.05) is 125 Å². The van der Waals surface area contributed by atoms with E-state index >= 15 is 0 Å². The number of carbonyl (C=O) groups is 3. The Morgan fingerprint density at radius 3 is 1.42 bits per heavy atom. The molecule has 12 heterocycles. The maximum absolute atomic E-state index is 14.3. The van der Waals surface area contributed by atoms with Gasteiger partial charge in [0.1, 0.15) is 52.0 Å². The van der Waals surface area contributed by atoms with Crippen molar-refractivity contribution in [3.8, 4) is 28.7 Å². The van der Waals surface area contributed by atoms with Gasteiger partial charge >= 0.3 is 18.1 Å². The van der Waals surface area contributed by atoms with Crippen LogP contribution in [0.15, 0.2) is 189 Å². The first-order valence-corrected chi connectivity index (χ1v) is 43.3. The number of hydrogen-bond donors (Lipinski definition) is 2. The van der Waals surface area contributed by atoms with Gasteiger partial charge in [0.15, 0.2) is 17.5 Å². The van der Waals surface area contributed by atoms with Gasteiger partial charge in [-0.1, -0.05) is 72.3 Å². The number of nitrogens with zero attached hydrogens (tertiary/aromatic N) is 20. The summed E-state index contributed by atoms with van der Waals surface area (Å²) >= 11 is 6.60. The molecule has 6 aromatic carbocycles. The molecule has 1 unspecified atom stereocenters. The van der Waals surface area contributed by atoms with Crippen molar-refractivity contribution in [1.29, 1.82) is 0 Å². The molecule has 6 aliphatic heterocycles. The van der Waals surface area contributed by atoms with Crippen molar-refractivity contribution < 1.29 is 38.1 Å². The lowest BCUT2D eigenvalue weighted by molar-refractivity contribution is 0.249. The molecule has 31 heteroatoms. The Labute approximate surface area is 751 Å². The van der Waals surface area contributed by atoms with Gasteiger partial charge in [0.25, 0.3) is 0 Å². The number of aryl methyl sites for hydroxylation is 5. The van der Waals surface area contributed by atoms with Gasteiger partial charge in [-0.05, 0) is 213 Å². The first-order chi connectivity index (χ1) is 62.0. The zero-order valence-corrected chi connectivity index (χ0v) is 75.5. The Hall–Kier alpha value is -13.8. The van der Waals surface area contributed by atoms with E-state index in [1.54, 1.807) is 129 Å². The number of piperidine rings is 1. The number of aromatic nitrogens is 9. The summed E-state index contributed by atoms with van der Waals surface area (Å²) in [6.07, 6.45) is 12.9. The zero-order chi connectivity index (χ0) is 89.6. The number of hydrogen-bond acceptors (Lipinski definition) is 24. The van der Waals surface area contributed by atoms with Gasteiger partial charge in [0, 0.05) is 123 Å². The van der Waals surface area contributed by atoms with E-state index in [0.29, 0.717) is 111 Å². The number of para-hydroxylation sites is 3. The highest BCUT2D eigenvalue weighted by Crippen LogP contribution is 2.47. The number of carbonyl (C=O) groups excluding carboxylic acids is 3. The number of ether oxygens (including phenoxy) is 5. The van der Waals surface area contributed by atoms with Crippen molar-refractivity contribution in [1.82, 2.24) is 59.6 Å². The molecule has 660 valence electrons. The molecule has 1 atom stereocenters. The van der Waals surface area contributed by atoms with Crippen molar-refractivity contribution in [2.75, 3.05) is 172 Å². The summed E-state index contributed by atoms with van der Waals surface area (Å²) in [5.74, 6) is 7.93. The quantitative estimate of drug-likeness (QED) is 0.0717. The number of anilines is 15. The number of amides is 6. The number of rotatable bonds is 20. The van der Waals surface area contributed by atoms with Crippen molar-refractivity contribution >= 4 is 116 Å². The number of nitrogens with one attached hydrogen (secondary N) is 2. The summed E-state index contributed by atoms with van der Waals surface area (Å²) in [4.78, 5) is 107. The van der Waals surface area contributed by atoms with Gasteiger partial charge in [-0.25, -0.2) is 64.0 Å². The van der Waals surface area contributed by atoms with Gasteiger partial charge in [-0.3, -0.25) is 14.7 Å². The average Bonchev–Trinajstić information content (AvgIpc) is 0.758. The Morgan fingerprint density at radius 1 is 0.422 bits per heavy atom. The van der Waals surface area contributed by atoms with Gasteiger partial charge in [-0.2, -0.15) is 9.97 Å². The average molecular weight is 1740 g/mol. The molecule has 6 amide bonds. The molecular formula is C97H107ClN22O8. The number of likely N-dealkylation sites (N-methyl/N-ethyl adjacent to an activating group) is 2. The normalized spacial score (nSPS) is 16.2. The van der Waals surface area contributed by atoms with Gasteiger partial charge in [0.2, 0.25) is 11.9 Å². The summed E-state index contributed by atoms with van der Waals surface area (Å²) in [5.41, 5.74) is 15.9. The predicted octanol–water partition coefficient (Wildman–Crippen LogP) is 17.6. The molecule has 128 heavy (non-hydrogen) atoms. The van der Waals surface area contributed by atoms with Crippen molar-refractivity contribution in [3.63, 3.8) is 0 Å². The topological polar surface area (TPSA) is 273 Å². The Bertz CT molecular complexity index is 5710. The monoisotopic (exact) mass is 1740 g/mol. The summed E-state index contributed by atoms with van der Waals surface area (Å²) < 4.78 is 27.5. The minimum absolute atomic E-state index is 0.215. The second kappa shape index (κ2) is 38.6. The van der Waals surface area contributed by atoms with E-state index in [-0.39, 0.29) is 30.7 Å². The second-order valence-corrected chi connectivity index (χ2v) is 33.3. The van der Waals surface area contributed by atoms with Gasteiger partial charge in [-0.15, -0.1) is 0 Å².